The second kappa shape index (κ2) is 15.8. The summed E-state index contributed by atoms with van der Waals surface area (Å²) in [7, 11) is 3.31. The van der Waals surface area contributed by atoms with Crippen LogP contribution in [0.15, 0.2) is 24.4 Å². The number of fused-ring (bicyclic) bond motifs is 1. The van der Waals surface area contributed by atoms with Crippen LogP contribution in [-0.4, -0.2) is 102 Å². The van der Waals surface area contributed by atoms with Gasteiger partial charge in [0.25, 0.3) is 5.91 Å². The molecule has 1 aromatic heterocycles. The van der Waals surface area contributed by atoms with Crippen molar-refractivity contribution in [2.45, 2.75) is 96.3 Å². The largest absolute Gasteiger partial charge is 0.495 e. The van der Waals surface area contributed by atoms with Crippen LogP contribution in [0.3, 0.4) is 0 Å². The molecule has 2 atom stereocenters. The van der Waals surface area contributed by atoms with Crippen molar-refractivity contribution in [2.75, 3.05) is 48.9 Å². The number of methoxy groups -OCH3 is 1. The summed E-state index contributed by atoms with van der Waals surface area (Å²) in [6.07, 6.45) is 8.40. The molecule has 14 heteroatoms. The minimum absolute atomic E-state index is 0.0582. The molecule has 0 unspecified atom stereocenters. The number of nitrogens with one attached hydrogen (secondary N) is 3. The Hall–Kier alpha value is -4.46. The molecule has 1 aromatic carbocycles. The number of ether oxygens (including phenoxy) is 1. The van der Waals surface area contributed by atoms with Crippen molar-refractivity contribution >= 4 is 46.8 Å². The number of nitrogens with zero attached hydrogens (tertiary/aromatic N) is 5. The Bertz CT molecular complexity index is 1520. The highest BCUT2D eigenvalue weighted by Gasteiger charge is 2.41. The van der Waals surface area contributed by atoms with E-state index >= 15 is 0 Å². The van der Waals surface area contributed by atoms with Crippen molar-refractivity contribution in [3.8, 4) is 5.75 Å². The number of amides is 3. The van der Waals surface area contributed by atoms with E-state index in [1.165, 1.54) is 7.11 Å². The van der Waals surface area contributed by atoms with E-state index < -0.39 is 12.0 Å². The van der Waals surface area contributed by atoms with Crippen LogP contribution in [0.25, 0.3) is 0 Å². The Labute approximate surface area is 288 Å². The van der Waals surface area contributed by atoms with E-state index in [1.54, 1.807) is 36.3 Å². The van der Waals surface area contributed by atoms with Crippen LogP contribution >= 0.6 is 0 Å². The molecule has 0 bridgehead atoms. The van der Waals surface area contributed by atoms with Crippen molar-refractivity contribution in [1.82, 2.24) is 25.5 Å². The number of likely N-dealkylation sites (N-methyl/N-ethyl adjacent to an activating group) is 1. The molecule has 1 saturated heterocycles. The average Bonchev–Trinajstić information content (AvgIpc) is 3.61. The molecule has 3 amide bonds. The number of piperidine rings is 1. The molecule has 1 saturated carbocycles. The van der Waals surface area contributed by atoms with E-state index in [-0.39, 0.29) is 48.3 Å². The fraction of sp³-hybridized carbons (Fsp3) is 0.600. The highest BCUT2D eigenvalue weighted by Crippen LogP contribution is 2.40. The maximum Gasteiger partial charge on any atom is 0.326 e. The number of hydrogen-bond donors (Lipinski definition) is 4. The number of likely N-dealkylation sites (tertiary alicyclic amines) is 1. The van der Waals surface area contributed by atoms with Gasteiger partial charge in [0.15, 0.2) is 5.82 Å². The summed E-state index contributed by atoms with van der Waals surface area (Å²) in [4.78, 5) is 65.7. The van der Waals surface area contributed by atoms with Crippen molar-refractivity contribution in [3.05, 3.63) is 30.0 Å². The maximum absolute atomic E-state index is 13.2. The van der Waals surface area contributed by atoms with Gasteiger partial charge < -0.3 is 35.6 Å². The molecule has 266 valence electrons. The number of carboxylic acids is 1. The van der Waals surface area contributed by atoms with Gasteiger partial charge in [0, 0.05) is 37.8 Å². The lowest BCUT2D eigenvalue weighted by atomic mass is 10.0. The van der Waals surface area contributed by atoms with Crippen molar-refractivity contribution in [1.29, 1.82) is 0 Å². The molecule has 14 nitrogen and oxygen atoms in total. The van der Waals surface area contributed by atoms with E-state index in [0.29, 0.717) is 67.4 Å². The lowest BCUT2D eigenvalue weighted by molar-refractivity contribution is -0.142. The summed E-state index contributed by atoms with van der Waals surface area (Å²) in [5.74, 6) is 0.212. The molecule has 2 fully saturated rings. The smallest absolute Gasteiger partial charge is 0.326 e. The van der Waals surface area contributed by atoms with Gasteiger partial charge in [-0.05, 0) is 62.6 Å². The van der Waals surface area contributed by atoms with Gasteiger partial charge in [0.05, 0.1) is 25.5 Å². The molecular weight excluding hydrogens is 628 g/mol. The van der Waals surface area contributed by atoms with Gasteiger partial charge >= 0.3 is 5.97 Å². The summed E-state index contributed by atoms with van der Waals surface area (Å²) in [6.45, 7) is 7.20. The maximum atomic E-state index is 13.2. The molecule has 49 heavy (non-hydrogen) atoms. The third-order valence-electron chi connectivity index (χ3n) is 9.75. The van der Waals surface area contributed by atoms with E-state index in [0.717, 1.165) is 31.5 Å². The number of aliphatic carboxylic acids is 1. The first kappa shape index (κ1) is 35.8. The second-order valence-corrected chi connectivity index (χ2v) is 13.7. The molecule has 0 spiro atoms. The Morgan fingerprint density at radius 3 is 2.45 bits per heavy atom. The van der Waals surface area contributed by atoms with Crippen molar-refractivity contribution in [3.63, 3.8) is 0 Å². The van der Waals surface area contributed by atoms with Crippen LogP contribution in [0, 0.1) is 5.92 Å². The van der Waals surface area contributed by atoms with E-state index in [9.17, 15) is 24.3 Å². The molecule has 3 heterocycles. The van der Waals surface area contributed by atoms with Gasteiger partial charge in [-0.1, -0.05) is 33.6 Å². The predicted molar refractivity (Wildman–Crippen MR) is 186 cm³/mol. The normalized spacial score (nSPS) is 19.5. The Morgan fingerprint density at radius 2 is 1.82 bits per heavy atom. The van der Waals surface area contributed by atoms with Crippen LogP contribution in [0.5, 0.6) is 5.75 Å². The van der Waals surface area contributed by atoms with E-state index in [2.05, 4.69) is 25.8 Å². The van der Waals surface area contributed by atoms with Crippen molar-refractivity contribution in [2.24, 2.45) is 5.92 Å². The zero-order chi connectivity index (χ0) is 35.2. The van der Waals surface area contributed by atoms with E-state index in [1.807, 2.05) is 25.7 Å². The SMILES string of the molecule is CC[C@@H]1C(=O)N(C)c2cnc(Nc3ccc(C(=O)NC4CCN(CC(=O)N[C@@H](CC(C)C)C(=O)O)CC4)cc3OC)nc2N1C1CCCC1. The highest BCUT2D eigenvalue weighted by atomic mass is 16.5. The number of carboxylic acid groups (broad SMARTS) is 1. The van der Waals surface area contributed by atoms with Crippen LogP contribution in [0.2, 0.25) is 0 Å². The van der Waals surface area contributed by atoms with Crippen molar-refractivity contribution < 1.29 is 29.0 Å². The molecule has 2 aliphatic heterocycles. The minimum atomic E-state index is -1.03. The molecular formula is C35H50N8O6. The van der Waals surface area contributed by atoms with Gasteiger partial charge in [-0.2, -0.15) is 4.98 Å². The monoisotopic (exact) mass is 678 g/mol. The quantitative estimate of drug-likeness (QED) is 0.245. The first-order chi connectivity index (χ1) is 23.5. The fourth-order valence-electron chi connectivity index (χ4n) is 7.14. The van der Waals surface area contributed by atoms with Gasteiger partial charge in [-0.15, -0.1) is 0 Å². The van der Waals surface area contributed by atoms with E-state index in [4.69, 9.17) is 9.72 Å². The summed E-state index contributed by atoms with van der Waals surface area (Å²) in [6, 6.07) is 4.19. The summed E-state index contributed by atoms with van der Waals surface area (Å²) >= 11 is 0. The fourth-order valence-corrected chi connectivity index (χ4v) is 7.14. The van der Waals surface area contributed by atoms with Crippen LogP contribution < -0.4 is 30.5 Å². The average molecular weight is 679 g/mol. The number of aromatic nitrogens is 2. The molecule has 5 rings (SSSR count). The van der Waals surface area contributed by atoms with Gasteiger partial charge in [-0.3, -0.25) is 19.3 Å². The zero-order valence-corrected chi connectivity index (χ0v) is 29.2. The highest BCUT2D eigenvalue weighted by molar-refractivity contribution is 6.04. The molecule has 2 aromatic rings. The lowest BCUT2D eigenvalue weighted by Gasteiger charge is -2.43. The first-order valence-corrected chi connectivity index (χ1v) is 17.4. The third kappa shape index (κ3) is 8.41. The number of rotatable bonds is 13. The Morgan fingerprint density at radius 1 is 1.10 bits per heavy atom. The van der Waals surface area contributed by atoms with Crippen LogP contribution in [-0.2, 0) is 14.4 Å². The van der Waals surface area contributed by atoms with Crippen LogP contribution in [0.4, 0.5) is 23.1 Å². The zero-order valence-electron chi connectivity index (χ0n) is 29.2. The second-order valence-electron chi connectivity index (χ2n) is 13.7. The van der Waals surface area contributed by atoms with Crippen LogP contribution in [0.1, 0.15) is 82.5 Å². The standard InChI is InChI=1S/C35H50N8O6/c1-6-27-33(46)41(4)28-19-36-35(40-31(28)43(27)24-9-7-8-10-24)39-25-12-11-22(18-29(25)49-5)32(45)37-23-13-15-42(16-14-23)20-30(44)38-26(34(47)48)17-21(2)3/h11-12,18-19,21,23-24,26-27H,6-10,13-17,20H2,1-5H3,(H,37,45)(H,38,44)(H,47,48)(H,36,39,40)/t26-,27+/m0/s1. The number of benzene rings is 1. The summed E-state index contributed by atoms with van der Waals surface area (Å²) in [5, 5.41) is 18.4. The number of hydrogen-bond acceptors (Lipinski definition) is 10. The van der Waals surface area contributed by atoms with Gasteiger partial charge in [0.2, 0.25) is 17.8 Å². The lowest BCUT2D eigenvalue weighted by Crippen LogP contribution is -2.55. The molecule has 1 aliphatic carbocycles. The third-order valence-corrected chi connectivity index (χ3v) is 9.75. The Kier molecular flexibility index (Phi) is 11.6. The molecule has 3 aliphatic rings. The first-order valence-electron chi connectivity index (χ1n) is 17.4. The van der Waals surface area contributed by atoms with Gasteiger partial charge in [-0.25, -0.2) is 9.78 Å². The predicted octanol–water partition coefficient (Wildman–Crippen LogP) is 3.54. The number of anilines is 4. The summed E-state index contributed by atoms with van der Waals surface area (Å²) in [5.41, 5.74) is 1.73. The summed E-state index contributed by atoms with van der Waals surface area (Å²) < 4.78 is 5.65. The topological polar surface area (TPSA) is 169 Å². The minimum Gasteiger partial charge on any atom is -0.495 e. The Balaban J connectivity index is 1.20. The number of carbonyl (C=O) groups excluding carboxylic acids is 3. The molecule has 4 N–H and O–H groups in total. The van der Waals surface area contributed by atoms with Gasteiger partial charge in [0.1, 0.15) is 23.5 Å². The molecule has 0 radical (unpaired) electrons. The number of carbonyl (C=O) groups is 4.